The second-order valence-electron chi connectivity index (χ2n) is 5.68. The first-order valence-electron chi connectivity index (χ1n) is 6.50. The number of fused-ring (bicyclic) bond motifs is 1. The number of hydrogen-bond acceptors (Lipinski definition) is 3. The van der Waals surface area contributed by atoms with Crippen LogP contribution in [0.4, 0.5) is 0 Å². The molecule has 0 aliphatic heterocycles. The van der Waals surface area contributed by atoms with Gasteiger partial charge in [0.1, 0.15) is 5.82 Å². The molecule has 1 aromatic carbocycles. The standard InChI is InChI=1S/C15H19N3O/c1-15(2,3)18-13-7-6-11(10-16)9-12(13)17-14(18)5-4-8-19/h6-7,9,19H,4-5,8H2,1-3H3. The molecule has 4 heteroatoms. The second kappa shape index (κ2) is 5.02. The van der Waals surface area contributed by atoms with Crippen LogP contribution in [0.3, 0.4) is 0 Å². The zero-order valence-electron chi connectivity index (χ0n) is 11.6. The quantitative estimate of drug-likeness (QED) is 0.919. The van der Waals surface area contributed by atoms with Crippen LogP contribution in [0.15, 0.2) is 18.2 Å². The molecule has 0 spiro atoms. The Kier molecular flexibility index (Phi) is 3.59. The second-order valence-corrected chi connectivity index (χ2v) is 5.68. The Morgan fingerprint density at radius 1 is 1.37 bits per heavy atom. The van der Waals surface area contributed by atoms with Gasteiger partial charge in [-0.1, -0.05) is 0 Å². The van der Waals surface area contributed by atoms with E-state index in [1.807, 2.05) is 18.2 Å². The summed E-state index contributed by atoms with van der Waals surface area (Å²) in [7, 11) is 0. The molecule has 0 bridgehead atoms. The minimum absolute atomic E-state index is 0.0757. The number of nitriles is 1. The number of aromatic nitrogens is 2. The Bertz CT molecular complexity index is 629. The van der Waals surface area contributed by atoms with E-state index in [9.17, 15) is 0 Å². The topological polar surface area (TPSA) is 61.8 Å². The first kappa shape index (κ1) is 13.6. The molecular weight excluding hydrogens is 238 g/mol. The van der Waals surface area contributed by atoms with Gasteiger partial charge >= 0.3 is 0 Å². The molecular formula is C15H19N3O. The van der Waals surface area contributed by atoms with Crippen LogP contribution in [0.25, 0.3) is 11.0 Å². The zero-order chi connectivity index (χ0) is 14.0. The van der Waals surface area contributed by atoms with Gasteiger partial charge < -0.3 is 9.67 Å². The van der Waals surface area contributed by atoms with Crippen molar-refractivity contribution in [1.82, 2.24) is 9.55 Å². The number of aliphatic hydroxyl groups is 1. The van der Waals surface area contributed by atoms with E-state index in [0.29, 0.717) is 12.0 Å². The number of imidazole rings is 1. The molecule has 0 fully saturated rings. The Labute approximate surface area is 113 Å². The number of hydrogen-bond donors (Lipinski definition) is 1. The summed E-state index contributed by atoms with van der Waals surface area (Å²) < 4.78 is 2.19. The van der Waals surface area contributed by atoms with Gasteiger partial charge in [-0.05, 0) is 45.4 Å². The number of aliphatic hydroxyl groups excluding tert-OH is 1. The Morgan fingerprint density at radius 2 is 2.11 bits per heavy atom. The van der Waals surface area contributed by atoms with E-state index >= 15 is 0 Å². The third-order valence-corrected chi connectivity index (χ3v) is 3.08. The minimum Gasteiger partial charge on any atom is -0.396 e. The highest BCUT2D eigenvalue weighted by molar-refractivity contribution is 5.78. The van der Waals surface area contributed by atoms with Crippen molar-refractivity contribution in [1.29, 1.82) is 5.26 Å². The maximum Gasteiger partial charge on any atom is 0.110 e. The van der Waals surface area contributed by atoms with Gasteiger partial charge in [0.15, 0.2) is 0 Å². The number of benzene rings is 1. The Morgan fingerprint density at radius 3 is 2.68 bits per heavy atom. The van der Waals surface area contributed by atoms with E-state index in [-0.39, 0.29) is 12.1 Å². The van der Waals surface area contributed by atoms with Gasteiger partial charge in [0.2, 0.25) is 0 Å². The smallest absolute Gasteiger partial charge is 0.110 e. The maximum absolute atomic E-state index is 9.00. The Hall–Kier alpha value is -1.86. The largest absolute Gasteiger partial charge is 0.396 e. The number of aryl methyl sites for hydroxylation is 1. The van der Waals surface area contributed by atoms with Gasteiger partial charge in [0.25, 0.3) is 0 Å². The van der Waals surface area contributed by atoms with Gasteiger partial charge in [-0.3, -0.25) is 0 Å². The minimum atomic E-state index is -0.0757. The molecule has 2 rings (SSSR count). The summed E-state index contributed by atoms with van der Waals surface area (Å²) in [4.78, 5) is 4.63. The fourth-order valence-corrected chi connectivity index (χ4v) is 2.35. The van der Waals surface area contributed by atoms with Crippen LogP contribution in [0.1, 0.15) is 38.6 Å². The molecule has 2 aromatic rings. The van der Waals surface area contributed by atoms with Gasteiger partial charge in [-0.15, -0.1) is 0 Å². The molecule has 19 heavy (non-hydrogen) atoms. The van der Waals surface area contributed by atoms with Crippen molar-refractivity contribution in [2.45, 2.75) is 39.2 Å². The van der Waals surface area contributed by atoms with Crippen LogP contribution >= 0.6 is 0 Å². The van der Waals surface area contributed by atoms with E-state index < -0.39 is 0 Å². The van der Waals surface area contributed by atoms with Crippen molar-refractivity contribution in [2.75, 3.05) is 6.61 Å². The van der Waals surface area contributed by atoms with Crippen molar-refractivity contribution in [3.05, 3.63) is 29.6 Å². The Balaban J connectivity index is 2.63. The lowest BCUT2D eigenvalue weighted by molar-refractivity contribution is 0.284. The molecule has 0 saturated carbocycles. The average Bonchev–Trinajstić information content (AvgIpc) is 2.72. The molecule has 0 aliphatic carbocycles. The van der Waals surface area contributed by atoms with Crippen molar-refractivity contribution >= 4 is 11.0 Å². The summed E-state index contributed by atoms with van der Waals surface area (Å²) in [5.41, 5.74) is 2.44. The van der Waals surface area contributed by atoms with Crippen LogP contribution in [-0.2, 0) is 12.0 Å². The van der Waals surface area contributed by atoms with Crippen molar-refractivity contribution in [3.63, 3.8) is 0 Å². The van der Waals surface area contributed by atoms with Gasteiger partial charge in [0.05, 0.1) is 22.7 Å². The molecule has 4 nitrogen and oxygen atoms in total. The summed E-state index contributed by atoms with van der Waals surface area (Å²) in [5.74, 6) is 0.964. The molecule has 0 atom stereocenters. The monoisotopic (exact) mass is 257 g/mol. The first-order chi connectivity index (χ1) is 8.97. The summed E-state index contributed by atoms with van der Waals surface area (Å²) in [6, 6.07) is 7.73. The highest BCUT2D eigenvalue weighted by atomic mass is 16.2. The molecule has 0 amide bonds. The predicted octanol–water partition coefficient (Wildman–Crippen LogP) is 2.59. The first-order valence-corrected chi connectivity index (χ1v) is 6.50. The van der Waals surface area contributed by atoms with Crippen LogP contribution in [-0.4, -0.2) is 21.3 Å². The van der Waals surface area contributed by atoms with Crippen LogP contribution in [0, 0.1) is 11.3 Å². The van der Waals surface area contributed by atoms with Crippen LogP contribution in [0.2, 0.25) is 0 Å². The molecule has 0 unspecified atom stereocenters. The maximum atomic E-state index is 9.00. The molecule has 1 aromatic heterocycles. The van der Waals surface area contributed by atoms with E-state index in [2.05, 4.69) is 36.4 Å². The lowest BCUT2D eigenvalue weighted by atomic mass is 10.1. The van der Waals surface area contributed by atoms with E-state index in [1.165, 1.54) is 0 Å². The van der Waals surface area contributed by atoms with E-state index in [0.717, 1.165) is 23.3 Å². The summed E-state index contributed by atoms with van der Waals surface area (Å²) >= 11 is 0. The molecule has 0 radical (unpaired) electrons. The highest BCUT2D eigenvalue weighted by Gasteiger charge is 2.21. The molecule has 0 aliphatic rings. The van der Waals surface area contributed by atoms with Crippen molar-refractivity contribution in [3.8, 4) is 6.07 Å². The average molecular weight is 257 g/mol. The fourth-order valence-electron chi connectivity index (χ4n) is 2.35. The van der Waals surface area contributed by atoms with Crippen LogP contribution < -0.4 is 0 Å². The number of rotatable bonds is 3. The van der Waals surface area contributed by atoms with Crippen molar-refractivity contribution < 1.29 is 5.11 Å². The molecule has 1 N–H and O–H groups in total. The molecule has 0 saturated heterocycles. The van der Waals surface area contributed by atoms with Gasteiger partial charge in [0, 0.05) is 18.6 Å². The predicted molar refractivity (Wildman–Crippen MR) is 74.9 cm³/mol. The third kappa shape index (κ3) is 2.61. The highest BCUT2D eigenvalue weighted by Crippen LogP contribution is 2.26. The zero-order valence-corrected chi connectivity index (χ0v) is 11.6. The summed E-state index contributed by atoms with van der Waals surface area (Å²) in [6.45, 7) is 6.56. The summed E-state index contributed by atoms with van der Waals surface area (Å²) in [5, 5.41) is 18.0. The SMILES string of the molecule is CC(C)(C)n1c(CCCO)nc2cc(C#N)ccc21. The summed E-state index contributed by atoms with van der Waals surface area (Å²) in [6.07, 6.45) is 1.44. The van der Waals surface area contributed by atoms with E-state index in [1.54, 1.807) is 0 Å². The lowest BCUT2D eigenvalue weighted by Crippen LogP contribution is -2.24. The molecule has 1 heterocycles. The third-order valence-electron chi connectivity index (χ3n) is 3.08. The van der Waals surface area contributed by atoms with Gasteiger partial charge in [-0.25, -0.2) is 4.98 Å². The van der Waals surface area contributed by atoms with Gasteiger partial charge in [-0.2, -0.15) is 5.26 Å². The van der Waals surface area contributed by atoms with Crippen molar-refractivity contribution in [2.24, 2.45) is 0 Å². The fraction of sp³-hybridized carbons (Fsp3) is 0.467. The normalized spacial score (nSPS) is 11.7. The molecule has 100 valence electrons. The number of nitrogens with zero attached hydrogens (tertiary/aromatic N) is 3. The van der Waals surface area contributed by atoms with E-state index in [4.69, 9.17) is 10.4 Å². The lowest BCUT2D eigenvalue weighted by Gasteiger charge is -2.24. The van der Waals surface area contributed by atoms with Crippen LogP contribution in [0.5, 0.6) is 0 Å².